The molecule has 0 atom stereocenters. The molecular weight excluding hydrogens is 338 g/mol. The molecule has 0 unspecified atom stereocenters. The van der Waals surface area contributed by atoms with Crippen LogP contribution in [0.15, 0.2) is 24.3 Å². The molecule has 0 aliphatic carbocycles. The van der Waals surface area contributed by atoms with Crippen LogP contribution in [0.5, 0.6) is 0 Å². The van der Waals surface area contributed by atoms with E-state index in [-0.39, 0.29) is 12.5 Å². The zero-order valence-electron chi connectivity index (χ0n) is 16.0. The summed E-state index contributed by atoms with van der Waals surface area (Å²) in [5.41, 5.74) is 0.912. The van der Waals surface area contributed by atoms with Gasteiger partial charge in [-0.15, -0.1) is 0 Å². The number of esters is 3. The van der Waals surface area contributed by atoms with Gasteiger partial charge in [0, 0.05) is 0 Å². The van der Waals surface area contributed by atoms with Gasteiger partial charge in [0.05, 0.1) is 20.8 Å². The summed E-state index contributed by atoms with van der Waals surface area (Å²) in [6, 6.07) is 7.07. The first kappa shape index (κ1) is 21.6. The fraction of sp³-hybridized carbons (Fsp3) is 0.526. The van der Waals surface area contributed by atoms with E-state index in [1.54, 1.807) is 18.2 Å². The van der Waals surface area contributed by atoms with E-state index in [1.807, 2.05) is 26.8 Å². The van der Waals surface area contributed by atoms with Gasteiger partial charge in [-0.1, -0.05) is 24.3 Å². The Kier molecular flexibility index (Phi) is 8.25. The molecule has 1 aromatic rings. The lowest BCUT2D eigenvalue weighted by molar-refractivity contribution is -0.155. The van der Waals surface area contributed by atoms with Gasteiger partial charge in [0.25, 0.3) is 0 Å². The molecule has 0 aliphatic rings. The maximum absolute atomic E-state index is 11.9. The van der Waals surface area contributed by atoms with E-state index >= 15 is 0 Å². The number of hydrogen-bond acceptors (Lipinski definition) is 7. The summed E-state index contributed by atoms with van der Waals surface area (Å²) in [7, 11) is 2.45. The topological polar surface area (TPSA) is 90.9 Å². The molecule has 0 aromatic heterocycles. The highest BCUT2D eigenvalue weighted by atomic mass is 16.6. The molecule has 0 saturated heterocycles. The van der Waals surface area contributed by atoms with Crippen molar-refractivity contribution in [2.75, 3.05) is 27.3 Å². The molecule has 1 rings (SSSR count). The first-order valence-corrected chi connectivity index (χ1v) is 8.35. The van der Waals surface area contributed by atoms with Crippen LogP contribution in [0.3, 0.4) is 0 Å². The van der Waals surface area contributed by atoms with E-state index < -0.39 is 23.5 Å². The molecule has 7 heteroatoms. The zero-order chi connectivity index (χ0) is 19.7. The summed E-state index contributed by atoms with van der Waals surface area (Å²) in [5, 5.41) is 3.01. The van der Waals surface area contributed by atoms with Gasteiger partial charge in [-0.3, -0.25) is 14.4 Å². The number of rotatable bonds is 8. The zero-order valence-corrected chi connectivity index (χ0v) is 16.0. The molecule has 0 radical (unpaired) electrons. The smallest absolute Gasteiger partial charge is 0.324 e. The van der Waals surface area contributed by atoms with Gasteiger partial charge in [-0.05, 0) is 44.9 Å². The fourth-order valence-electron chi connectivity index (χ4n) is 2.33. The maximum Gasteiger partial charge on any atom is 0.324 e. The molecular formula is C19H27NO6. The minimum absolute atomic E-state index is 0.115. The first-order chi connectivity index (χ1) is 12.2. The third-order valence-corrected chi connectivity index (χ3v) is 3.44. The van der Waals surface area contributed by atoms with Crippen molar-refractivity contribution in [2.24, 2.45) is 0 Å². The number of methoxy groups -OCH3 is 2. The number of ether oxygens (including phenoxy) is 3. The highest BCUT2D eigenvalue weighted by Crippen LogP contribution is 2.20. The number of hydrogen-bond donors (Lipinski definition) is 1. The molecule has 7 nitrogen and oxygen atoms in total. The Morgan fingerprint density at radius 3 is 2.23 bits per heavy atom. The summed E-state index contributed by atoms with van der Waals surface area (Å²) in [6.45, 7) is 6.11. The van der Waals surface area contributed by atoms with Gasteiger partial charge < -0.3 is 19.5 Å². The number of carbonyl (C=O) groups is 3. The van der Waals surface area contributed by atoms with Crippen LogP contribution in [0.1, 0.15) is 37.8 Å². The molecule has 0 saturated carbocycles. The minimum Gasteiger partial charge on any atom is -0.468 e. The van der Waals surface area contributed by atoms with Crippen LogP contribution in [0.2, 0.25) is 0 Å². The van der Waals surface area contributed by atoms with Gasteiger partial charge in [0.2, 0.25) is 0 Å². The average molecular weight is 365 g/mol. The van der Waals surface area contributed by atoms with Crippen molar-refractivity contribution < 1.29 is 28.6 Å². The highest BCUT2D eigenvalue weighted by Gasteiger charge is 2.30. The number of benzene rings is 1. The van der Waals surface area contributed by atoms with Crippen molar-refractivity contribution in [1.29, 1.82) is 0 Å². The Balaban J connectivity index is 2.65. The lowest BCUT2D eigenvalue weighted by atomic mass is 9.96. The predicted molar refractivity (Wildman–Crippen MR) is 95.6 cm³/mol. The van der Waals surface area contributed by atoms with Crippen molar-refractivity contribution in [3.05, 3.63) is 35.4 Å². The molecule has 26 heavy (non-hydrogen) atoms. The molecule has 0 aliphatic heterocycles. The Morgan fingerprint density at radius 1 is 1.08 bits per heavy atom. The molecule has 0 amide bonds. The van der Waals surface area contributed by atoms with Gasteiger partial charge in [-0.2, -0.15) is 0 Å². The van der Waals surface area contributed by atoms with E-state index in [1.165, 1.54) is 14.2 Å². The van der Waals surface area contributed by atoms with Crippen LogP contribution < -0.4 is 5.32 Å². The third-order valence-electron chi connectivity index (χ3n) is 3.44. The monoisotopic (exact) mass is 365 g/mol. The van der Waals surface area contributed by atoms with Gasteiger partial charge in [0.15, 0.2) is 5.92 Å². The van der Waals surface area contributed by atoms with E-state index in [0.29, 0.717) is 18.5 Å². The first-order valence-electron chi connectivity index (χ1n) is 8.35. The number of carbonyl (C=O) groups excluding carboxylic acids is 3. The standard InChI is InChI=1S/C19H27NO6/c1-19(2,3)26-15(21)12-20-10-9-13-7-6-8-14(11-13)16(17(22)24-4)18(23)25-5/h6-8,11,16,20H,9-10,12H2,1-5H3. The summed E-state index contributed by atoms with van der Waals surface area (Å²) in [5.74, 6) is -2.77. The van der Waals surface area contributed by atoms with E-state index in [0.717, 1.165) is 5.56 Å². The van der Waals surface area contributed by atoms with E-state index in [4.69, 9.17) is 14.2 Å². The average Bonchev–Trinajstić information content (AvgIpc) is 2.57. The van der Waals surface area contributed by atoms with E-state index in [9.17, 15) is 14.4 Å². The van der Waals surface area contributed by atoms with E-state index in [2.05, 4.69) is 5.32 Å². The molecule has 1 aromatic carbocycles. The Labute approximate surface area is 154 Å². The number of nitrogens with one attached hydrogen (secondary N) is 1. The quantitative estimate of drug-likeness (QED) is 0.324. The lowest BCUT2D eigenvalue weighted by Gasteiger charge is -2.19. The fourth-order valence-corrected chi connectivity index (χ4v) is 2.33. The maximum atomic E-state index is 11.9. The van der Waals surface area contributed by atoms with Crippen LogP contribution in [0.25, 0.3) is 0 Å². The summed E-state index contributed by atoms with van der Waals surface area (Å²) < 4.78 is 14.6. The van der Waals surface area contributed by atoms with Crippen LogP contribution in [-0.2, 0) is 35.0 Å². The second-order valence-electron chi connectivity index (χ2n) is 6.74. The van der Waals surface area contributed by atoms with Crippen molar-refractivity contribution in [1.82, 2.24) is 5.32 Å². The molecule has 144 valence electrons. The van der Waals surface area contributed by atoms with Crippen molar-refractivity contribution in [2.45, 2.75) is 38.7 Å². The molecule has 0 fully saturated rings. The minimum atomic E-state index is -1.11. The Morgan fingerprint density at radius 2 is 1.69 bits per heavy atom. The molecule has 0 heterocycles. The van der Waals surface area contributed by atoms with Crippen molar-refractivity contribution >= 4 is 17.9 Å². The van der Waals surface area contributed by atoms with Crippen LogP contribution >= 0.6 is 0 Å². The highest BCUT2D eigenvalue weighted by molar-refractivity contribution is 6.00. The molecule has 0 spiro atoms. The third kappa shape index (κ3) is 7.23. The predicted octanol–water partition coefficient (Wildman–Crippen LogP) is 1.59. The summed E-state index contributed by atoms with van der Waals surface area (Å²) >= 11 is 0. The van der Waals surface area contributed by atoms with Crippen LogP contribution in [0.4, 0.5) is 0 Å². The largest absolute Gasteiger partial charge is 0.468 e. The summed E-state index contributed by atoms with van der Waals surface area (Å²) in [6.07, 6.45) is 0.617. The Bertz CT molecular complexity index is 619. The normalized spacial score (nSPS) is 11.2. The van der Waals surface area contributed by atoms with Crippen LogP contribution in [-0.4, -0.2) is 50.8 Å². The van der Waals surface area contributed by atoms with Crippen LogP contribution in [0, 0.1) is 0 Å². The van der Waals surface area contributed by atoms with Gasteiger partial charge in [-0.25, -0.2) is 0 Å². The second-order valence-corrected chi connectivity index (χ2v) is 6.74. The van der Waals surface area contributed by atoms with Crippen molar-refractivity contribution in [3.63, 3.8) is 0 Å². The SMILES string of the molecule is COC(=O)C(C(=O)OC)c1cccc(CCNCC(=O)OC(C)(C)C)c1. The Hall–Kier alpha value is -2.41. The molecule has 0 bridgehead atoms. The summed E-state index contributed by atoms with van der Waals surface area (Å²) in [4.78, 5) is 35.4. The lowest BCUT2D eigenvalue weighted by Crippen LogP contribution is -2.32. The van der Waals surface area contributed by atoms with Gasteiger partial charge >= 0.3 is 17.9 Å². The molecule has 1 N–H and O–H groups in total. The van der Waals surface area contributed by atoms with Gasteiger partial charge in [0.1, 0.15) is 5.60 Å². The van der Waals surface area contributed by atoms with Crippen molar-refractivity contribution in [3.8, 4) is 0 Å². The second kappa shape index (κ2) is 9.91.